The van der Waals surface area contributed by atoms with Gasteiger partial charge in [0, 0.05) is 25.2 Å². The summed E-state index contributed by atoms with van der Waals surface area (Å²) in [5, 5.41) is 0. The lowest BCUT2D eigenvalue weighted by Gasteiger charge is -2.27. The second kappa shape index (κ2) is 8.46. The maximum atomic E-state index is 4.67. The molecular formula is C19H26N2. The molecule has 112 valence electrons. The predicted molar refractivity (Wildman–Crippen MR) is 91.5 cm³/mol. The van der Waals surface area contributed by atoms with Crippen LogP contribution in [0.25, 0.3) is 0 Å². The molecular weight excluding hydrogens is 256 g/mol. The molecule has 1 heterocycles. The molecule has 0 bridgehead atoms. The summed E-state index contributed by atoms with van der Waals surface area (Å²) in [6, 6.07) is 10.7. The zero-order chi connectivity index (χ0) is 14.9. The highest BCUT2D eigenvalue weighted by atomic mass is 15.2. The van der Waals surface area contributed by atoms with Crippen LogP contribution in [-0.2, 0) is 6.42 Å². The molecule has 2 rings (SSSR count). The second-order valence-electron chi connectivity index (χ2n) is 5.37. The van der Waals surface area contributed by atoms with Crippen molar-refractivity contribution in [3.63, 3.8) is 0 Å². The molecule has 1 aromatic rings. The van der Waals surface area contributed by atoms with E-state index >= 15 is 0 Å². The quantitative estimate of drug-likeness (QED) is 0.752. The molecule has 0 saturated carbocycles. The van der Waals surface area contributed by atoms with Crippen LogP contribution in [-0.4, -0.2) is 23.8 Å². The number of hydrogen-bond donors (Lipinski definition) is 0. The lowest BCUT2D eigenvalue weighted by Crippen LogP contribution is -2.35. The van der Waals surface area contributed by atoms with Crippen molar-refractivity contribution in [2.24, 2.45) is 10.9 Å². The number of aryl methyl sites for hydroxylation is 1. The van der Waals surface area contributed by atoms with Gasteiger partial charge < -0.3 is 4.90 Å². The van der Waals surface area contributed by atoms with E-state index in [9.17, 15) is 0 Å². The van der Waals surface area contributed by atoms with E-state index in [1.54, 1.807) is 0 Å². The van der Waals surface area contributed by atoms with Crippen molar-refractivity contribution in [1.82, 2.24) is 4.90 Å². The van der Waals surface area contributed by atoms with E-state index in [1.807, 2.05) is 12.3 Å². The van der Waals surface area contributed by atoms with Gasteiger partial charge in [0.1, 0.15) is 5.84 Å². The van der Waals surface area contributed by atoms with E-state index in [-0.39, 0.29) is 0 Å². The summed E-state index contributed by atoms with van der Waals surface area (Å²) in [4.78, 5) is 7.04. The van der Waals surface area contributed by atoms with Crippen LogP contribution in [0.1, 0.15) is 32.3 Å². The smallest absolute Gasteiger partial charge is 0.111 e. The molecule has 0 fully saturated rings. The number of nitrogens with zero attached hydrogens (tertiary/aromatic N) is 2. The van der Waals surface area contributed by atoms with E-state index < -0.39 is 0 Å². The number of rotatable bonds is 6. The number of hydrogen-bond acceptors (Lipinski definition) is 2. The SMILES string of the molecule is CCN(CC)C1=NC=CC=CC1CCCc1ccccc1. The lowest BCUT2D eigenvalue weighted by molar-refractivity contribution is 0.437. The largest absolute Gasteiger partial charge is 0.360 e. The third-order valence-corrected chi connectivity index (χ3v) is 3.99. The minimum atomic E-state index is 0.434. The molecule has 1 unspecified atom stereocenters. The zero-order valence-electron chi connectivity index (χ0n) is 13.2. The standard InChI is InChI=1S/C19H26N2/c1-3-21(4-2)19-18(14-8-9-16-20-19)15-10-13-17-11-6-5-7-12-17/h5-9,11-12,14,16,18H,3-4,10,13,15H2,1-2H3. The fourth-order valence-corrected chi connectivity index (χ4v) is 2.81. The molecule has 1 aromatic carbocycles. The van der Waals surface area contributed by atoms with E-state index in [4.69, 9.17) is 0 Å². The van der Waals surface area contributed by atoms with Crippen molar-refractivity contribution < 1.29 is 0 Å². The Morgan fingerprint density at radius 1 is 1.05 bits per heavy atom. The molecule has 1 aliphatic heterocycles. The molecule has 0 saturated heterocycles. The van der Waals surface area contributed by atoms with Gasteiger partial charge in [-0.15, -0.1) is 0 Å². The van der Waals surface area contributed by atoms with E-state index in [0.717, 1.165) is 25.9 Å². The third-order valence-electron chi connectivity index (χ3n) is 3.99. The first-order chi connectivity index (χ1) is 10.3. The van der Waals surface area contributed by atoms with Crippen LogP contribution < -0.4 is 0 Å². The Balaban J connectivity index is 1.96. The summed E-state index contributed by atoms with van der Waals surface area (Å²) in [6.45, 7) is 6.44. The van der Waals surface area contributed by atoms with Crippen LogP contribution >= 0.6 is 0 Å². The number of benzene rings is 1. The fourth-order valence-electron chi connectivity index (χ4n) is 2.81. The van der Waals surface area contributed by atoms with Crippen molar-refractivity contribution in [2.75, 3.05) is 13.1 Å². The maximum Gasteiger partial charge on any atom is 0.111 e. The van der Waals surface area contributed by atoms with Gasteiger partial charge in [0.2, 0.25) is 0 Å². The van der Waals surface area contributed by atoms with Crippen LogP contribution in [0.2, 0.25) is 0 Å². The van der Waals surface area contributed by atoms with Crippen molar-refractivity contribution in [3.8, 4) is 0 Å². The molecule has 0 aromatic heterocycles. The summed E-state index contributed by atoms with van der Waals surface area (Å²) in [5.74, 6) is 1.65. The van der Waals surface area contributed by atoms with Crippen molar-refractivity contribution in [2.45, 2.75) is 33.1 Å². The minimum absolute atomic E-state index is 0.434. The average Bonchev–Trinajstić information content (AvgIpc) is 2.76. The normalized spacial score (nSPS) is 17.4. The molecule has 0 aliphatic carbocycles. The Hall–Kier alpha value is -1.83. The maximum absolute atomic E-state index is 4.67. The predicted octanol–water partition coefficient (Wildman–Crippen LogP) is 4.45. The molecule has 0 N–H and O–H groups in total. The first-order valence-corrected chi connectivity index (χ1v) is 8.05. The fraction of sp³-hybridized carbons (Fsp3) is 0.421. The third kappa shape index (κ3) is 4.59. The first-order valence-electron chi connectivity index (χ1n) is 8.05. The Kier molecular flexibility index (Phi) is 6.26. The van der Waals surface area contributed by atoms with Crippen LogP contribution in [0.5, 0.6) is 0 Å². The molecule has 2 heteroatoms. The Morgan fingerprint density at radius 3 is 2.52 bits per heavy atom. The van der Waals surface area contributed by atoms with Gasteiger partial charge in [-0.3, -0.25) is 0 Å². The van der Waals surface area contributed by atoms with Gasteiger partial charge in [-0.05, 0) is 44.7 Å². The van der Waals surface area contributed by atoms with Crippen LogP contribution in [0.3, 0.4) is 0 Å². The lowest BCUT2D eigenvalue weighted by atomic mass is 9.97. The highest BCUT2D eigenvalue weighted by Gasteiger charge is 2.18. The molecule has 1 aliphatic rings. The molecule has 0 amide bonds. The Morgan fingerprint density at radius 2 is 1.81 bits per heavy atom. The van der Waals surface area contributed by atoms with Gasteiger partial charge in [0.25, 0.3) is 0 Å². The van der Waals surface area contributed by atoms with E-state index in [1.165, 1.54) is 17.8 Å². The van der Waals surface area contributed by atoms with Crippen molar-refractivity contribution in [1.29, 1.82) is 0 Å². The van der Waals surface area contributed by atoms with Gasteiger partial charge in [0.05, 0.1) is 0 Å². The highest BCUT2D eigenvalue weighted by Crippen LogP contribution is 2.18. The summed E-state index contributed by atoms with van der Waals surface area (Å²) >= 11 is 0. The van der Waals surface area contributed by atoms with Gasteiger partial charge in [-0.25, -0.2) is 4.99 Å². The zero-order valence-corrected chi connectivity index (χ0v) is 13.2. The Bertz CT molecular complexity index is 496. The molecule has 0 radical (unpaired) electrons. The highest BCUT2D eigenvalue weighted by molar-refractivity contribution is 5.87. The summed E-state index contributed by atoms with van der Waals surface area (Å²) < 4.78 is 0. The summed E-state index contributed by atoms with van der Waals surface area (Å²) in [7, 11) is 0. The Labute approximate surface area is 128 Å². The second-order valence-corrected chi connectivity index (χ2v) is 5.37. The van der Waals surface area contributed by atoms with Crippen LogP contribution in [0.4, 0.5) is 0 Å². The van der Waals surface area contributed by atoms with Gasteiger partial charge in [-0.2, -0.15) is 0 Å². The van der Waals surface area contributed by atoms with Crippen LogP contribution in [0.15, 0.2) is 59.8 Å². The van der Waals surface area contributed by atoms with Crippen molar-refractivity contribution in [3.05, 3.63) is 60.3 Å². The molecule has 0 spiro atoms. The molecule has 2 nitrogen and oxygen atoms in total. The van der Waals surface area contributed by atoms with Crippen molar-refractivity contribution >= 4 is 5.84 Å². The number of amidine groups is 1. The van der Waals surface area contributed by atoms with E-state index in [2.05, 4.69) is 66.2 Å². The van der Waals surface area contributed by atoms with Gasteiger partial charge >= 0.3 is 0 Å². The number of aliphatic imine (C=N–C) groups is 1. The van der Waals surface area contributed by atoms with E-state index in [0.29, 0.717) is 5.92 Å². The minimum Gasteiger partial charge on any atom is -0.360 e. The van der Waals surface area contributed by atoms with Gasteiger partial charge in [0.15, 0.2) is 0 Å². The molecule has 1 atom stereocenters. The topological polar surface area (TPSA) is 15.6 Å². The first kappa shape index (κ1) is 15.6. The van der Waals surface area contributed by atoms with Gasteiger partial charge in [-0.1, -0.05) is 42.5 Å². The average molecular weight is 282 g/mol. The summed E-state index contributed by atoms with van der Waals surface area (Å²) in [5.41, 5.74) is 1.43. The molecule has 21 heavy (non-hydrogen) atoms. The van der Waals surface area contributed by atoms with Crippen LogP contribution in [0, 0.1) is 5.92 Å². The summed E-state index contributed by atoms with van der Waals surface area (Å²) in [6.07, 6.45) is 11.9. The number of allylic oxidation sites excluding steroid dienone is 2. The monoisotopic (exact) mass is 282 g/mol.